The van der Waals surface area contributed by atoms with Crippen LogP contribution in [0, 0.1) is 5.92 Å². The minimum atomic E-state index is -0.939. The smallest absolute Gasteiger partial charge is 0.228 e. The summed E-state index contributed by atoms with van der Waals surface area (Å²) in [5, 5.41) is 19.7. The van der Waals surface area contributed by atoms with Crippen LogP contribution in [0.15, 0.2) is 46.7 Å². The number of carbonyl (C=O) groups excluding carboxylic acids is 2. The van der Waals surface area contributed by atoms with Crippen molar-refractivity contribution in [2.24, 2.45) is 16.6 Å². The zero-order valence-electron chi connectivity index (χ0n) is 17.1. The number of allylic oxidation sites excluding steroid dienone is 1. The molecular weight excluding hydrogens is 384 g/mol. The molecule has 0 aromatic heterocycles. The number of rotatable bonds is 8. The van der Waals surface area contributed by atoms with Gasteiger partial charge in [-0.05, 0) is 5.56 Å². The number of primary amides is 1. The van der Waals surface area contributed by atoms with Crippen molar-refractivity contribution in [1.29, 1.82) is 0 Å². The van der Waals surface area contributed by atoms with E-state index in [0.717, 1.165) is 38.3 Å². The van der Waals surface area contributed by atoms with Gasteiger partial charge in [0.15, 0.2) is 5.78 Å². The number of carbonyl (C=O) groups is 2. The minimum Gasteiger partial charge on any atom is -0.511 e. The highest BCUT2D eigenvalue weighted by Crippen LogP contribution is 2.38. The molecule has 1 fully saturated rings. The van der Waals surface area contributed by atoms with Crippen molar-refractivity contribution in [1.82, 2.24) is 9.80 Å². The van der Waals surface area contributed by atoms with Crippen LogP contribution >= 0.6 is 0 Å². The summed E-state index contributed by atoms with van der Waals surface area (Å²) in [6.07, 6.45) is 1.49. The second-order valence-electron chi connectivity index (χ2n) is 7.77. The zero-order chi connectivity index (χ0) is 21.5. The summed E-state index contributed by atoms with van der Waals surface area (Å²) in [7, 11) is 0. The van der Waals surface area contributed by atoms with E-state index in [9.17, 15) is 14.7 Å². The van der Waals surface area contributed by atoms with E-state index in [4.69, 9.17) is 10.8 Å². The number of Topliss-reactive ketones (excluding diaryl/α,β-unsaturated/α-hetero) is 1. The molecule has 2 aliphatic rings. The number of nitrogens with two attached hydrogens (primary N) is 1. The fourth-order valence-corrected chi connectivity index (χ4v) is 4.14. The van der Waals surface area contributed by atoms with Crippen LogP contribution in [0.3, 0.4) is 0 Å². The number of aliphatic hydroxyl groups is 2. The zero-order valence-corrected chi connectivity index (χ0v) is 17.1. The lowest BCUT2D eigenvalue weighted by molar-refractivity contribution is -0.123. The number of amides is 1. The Morgan fingerprint density at radius 1 is 1.13 bits per heavy atom. The first-order valence-electron chi connectivity index (χ1n) is 10.4. The van der Waals surface area contributed by atoms with Gasteiger partial charge >= 0.3 is 0 Å². The molecule has 0 saturated carbocycles. The molecule has 1 aliphatic heterocycles. The molecule has 30 heavy (non-hydrogen) atoms. The predicted octanol–water partition coefficient (Wildman–Crippen LogP) is 0.337. The van der Waals surface area contributed by atoms with Crippen LogP contribution in [0.4, 0.5) is 0 Å². The highest BCUT2D eigenvalue weighted by molar-refractivity contribution is 6.15. The van der Waals surface area contributed by atoms with E-state index in [0.29, 0.717) is 13.1 Å². The molecule has 2 unspecified atom stereocenters. The fraction of sp³-hybridized carbons (Fsp3) is 0.500. The van der Waals surface area contributed by atoms with Gasteiger partial charge < -0.3 is 15.9 Å². The van der Waals surface area contributed by atoms with Crippen LogP contribution in [0.25, 0.3) is 0 Å². The van der Waals surface area contributed by atoms with Crippen molar-refractivity contribution in [3.63, 3.8) is 0 Å². The van der Waals surface area contributed by atoms with Crippen LogP contribution in [0.5, 0.6) is 0 Å². The van der Waals surface area contributed by atoms with Crippen LogP contribution in [0.2, 0.25) is 0 Å². The summed E-state index contributed by atoms with van der Waals surface area (Å²) in [5.41, 5.74) is 6.45. The standard InChI is InChI=1S/C22H30N4O4/c23-22(30)20-17(16-4-2-1-3-5-16)14-19(28)18(21(20)29)15-24-6-7-25-8-10-26(11-9-25)12-13-27/h1-5,15,17,20,27,29H,6-14H2,(H2,23,30). The van der Waals surface area contributed by atoms with Gasteiger partial charge in [-0.1, -0.05) is 30.3 Å². The fourth-order valence-electron chi connectivity index (χ4n) is 4.14. The second-order valence-corrected chi connectivity index (χ2v) is 7.77. The Morgan fingerprint density at radius 2 is 1.77 bits per heavy atom. The molecule has 8 nitrogen and oxygen atoms in total. The van der Waals surface area contributed by atoms with Crippen LogP contribution < -0.4 is 5.73 Å². The van der Waals surface area contributed by atoms with Crippen molar-refractivity contribution in [3.05, 3.63) is 47.2 Å². The van der Waals surface area contributed by atoms with Crippen LogP contribution in [-0.4, -0.2) is 90.3 Å². The Labute approximate surface area is 176 Å². The van der Waals surface area contributed by atoms with Gasteiger partial charge in [0.1, 0.15) is 11.7 Å². The van der Waals surface area contributed by atoms with Gasteiger partial charge in [0, 0.05) is 57.8 Å². The molecule has 1 amide bonds. The summed E-state index contributed by atoms with van der Waals surface area (Å²) in [6.45, 7) is 5.76. The first kappa shape index (κ1) is 22.1. The third kappa shape index (κ3) is 5.33. The normalized spacial score (nSPS) is 24.0. The van der Waals surface area contributed by atoms with Gasteiger partial charge in [-0.2, -0.15) is 0 Å². The van der Waals surface area contributed by atoms with Crippen molar-refractivity contribution in [3.8, 4) is 0 Å². The Hall–Kier alpha value is -2.55. The van der Waals surface area contributed by atoms with E-state index in [2.05, 4.69) is 14.8 Å². The third-order valence-electron chi connectivity index (χ3n) is 5.86. The molecule has 1 saturated heterocycles. The van der Waals surface area contributed by atoms with Crippen molar-refractivity contribution in [2.75, 3.05) is 52.4 Å². The Kier molecular flexibility index (Phi) is 7.73. The lowest BCUT2D eigenvalue weighted by Crippen LogP contribution is -2.47. The molecular formula is C22H30N4O4. The predicted molar refractivity (Wildman–Crippen MR) is 114 cm³/mol. The highest BCUT2D eigenvalue weighted by atomic mass is 16.3. The van der Waals surface area contributed by atoms with Gasteiger partial charge in [-0.3, -0.25) is 24.4 Å². The monoisotopic (exact) mass is 414 g/mol. The van der Waals surface area contributed by atoms with Crippen LogP contribution in [-0.2, 0) is 9.59 Å². The van der Waals surface area contributed by atoms with Gasteiger partial charge in [0.2, 0.25) is 5.91 Å². The maximum absolute atomic E-state index is 12.7. The number of aliphatic hydroxyl groups excluding tert-OH is 2. The second kappa shape index (κ2) is 10.5. The molecule has 0 radical (unpaired) electrons. The highest BCUT2D eigenvalue weighted by Gasteiger charge is 2.40. The SMILES string of the molecule is NC(=O)C1C(O)=C(C=NCCN2CCN(CCO)CC2)C(=O)CC1c1ccccc1. The minimum absolute atomic E-state index is 0.0822. The molecule has 0 bridgehead atoms. The Bertz CT molecular complexity index is 801. The quantitative estimate of drug-likeness (QED) is 0.528. The molecule has 2 atom stereocenters. The Balaban J connectivity index is 1.63. The number of nitrogens with zero attached hydrogens (tertiary/aromatic N) is 3. The topological polar surface area (TPSA) is 119 Å². The molecule has 8 heteroatoms. The van der Waals surface area contributed by atoms with Crippen LogP contribution in [0.1, 0.15) is 17.9 Å². The Morgan fingerprint density at radius 3 is 2.37 bits per heavy atom. The van der Waals surface area contributed by atoms with Gasteiger partial charge in [-0.15, -0.1) is 0 Å². The number of piperazine rings is 1. The summed E-state index contributed by atoms with van der Waals surface area (Å²) in [6, 6.07) is 9.19. The van der Waals surface area contributed by atoms with E-state index in [1.54, 1.807) is 0 Å². The number of hydrogen-bond donors (Lipinski definition) is 3. The van der Waals surface area contributed by atoms with E-state index < -0.39 is 17.7 Å². The summed E-state index contributed by atoms with van der Waals surface area (Å²) < 4.78 is 0. The average molecular weight is 415 g/mol. The molecule has 0 spiro atoms. The number of aliphatic imine (C=N–C) groups is 1. The van der Waals surface area contributed by atoms with Gasteiger partial charge in [0.05, 0.1) is 18.7 Å². The van der Waals surface area contributed by atoms with Crippen molar-refractivity contribution in [2.45, 2.75) is 12.3 Å². The number of ketones is 1. The molecule has 1 heterocycles. The molecule has 1 aromatic carbocycles. The first-order chi connectivity index (χ1) is 14.5. The van der Waals surface area contributed by atoms with E-state index in [1.807, 2.05) is 30.3 Å². The molecule has 162 valence electrons. The van der Waals surface area contributed by atoms with E-state index >= 15 is 0 Å². The molecule has 1 aliphatic carbocycles. The van der Waals surface area contributed by atoms with Crippen molar-refractivity contribution >= 4 is 17.9 Å². The third-order valence-corrected chi connectivity index (χ3v) is 5.86. The number of β-amino-alcohol motifs (C(OH)–C–C–N with tert-alkyl or cyclic N) is 1. The summed E-state index contributed by atoms with van der Waals surface area (Å²) in [5.74, 6) is -2.58. The molecule has 3 rings (SSSR count). The number of benzene rings is 1. The largest absolute Gasteiger partial charge is 0.511 e. The molecule has 1 aromatic rings. The van der Waals surface area contributed by atoms with E-state index in [-0.39, 0.29) is 30.1 Å². The average Bonchev–Trinajstić information content (AvgIpc) is 2.74. The lowest BCUT2D eigenvalue weighted by atomic mass is 9.74. The number of hydrogen-bond acceptors (Lipinski definition) is 7. The maximum Gasteiger partial charge on any atom is 0.228 e. The summed E-state index contributed by atoms with van der Waals surface area (Å²) in [4.78, 5) is 33.5. The van der Waals surface area contributed by atoms with Gasteiger partial charge in [0.25, 0.3) is 0 Å². The molecule has 4 N–H and O–H groups in total. The van der Waals surface area contributed by atoms with Crippen molar-refractivity contribution < 1.29 is 19.8 Å². The van der Waals surface area contributed by atoms with E-state index in [1.165, 1.54) is 6.21 Å². The summed E-state index contributed by atoms with van der Waals surface area (Å²) >= 11 is 0. The van der Waals surface area contributed by atoms with Gasteiger partial charge in [-0.25, -0.2) is 0 Å². The lowest BCUT2D eigenvalue weighted by Gasteiger charge is -2.33. The maximum atomic E-state index is 12.7. The first-order valence-corrected chi connectivity index (χ1v) is 10.4.